The molecule has 19 heavy (non-hydrogen) atoms. The van der Waals surface area contributed by atoms with E-state index in [0.29, 0.717) is 0 Å². The second-order valence-corrected chi connectivity index (χ2v) is 5.00. The van der Waals surface area contributed by atoms with Crippen molar-refractivity contribution in [2.45, 2.75) is 27.2 Å². The fourth-order valence-electron chi connectivity index (χ4n) is 2.80. The molecule has 1 N–H and O–H groups in total. The van der Waals surface area contributed by atoms with Crippen molar-refractivity contribution in [3.05, 3.63) is 52.3 Å². The van der Waals surface area contributed by atoms with E-state index in [0.717, 1.165) is 12.1 Å². The predicted octanol–water partition coefficient (Wildman–Crippen LogP) is 4.45. The van der Waals surface area contributed by atoms with Crippen LogP contribution in [0.1, 0.15) is 35.0 Å². The zero-order chi connectivity index (χ0) is 13.4. The second-order valence-electron chi connectivity index (χ2n) is 5.00. The molecule has 96 valence electrons. The van der Waals surface area contributed by atoms with Gasteiger partial charge in [0.05, 0.1) is 5.69 Å². The lowest BCUT2D eigenvalue weighted by atomic mass is 10.0. The SMILES string of the molecule is CCc1c(C)[nH]c(C=C2C=Nc3ccccc32)c1C. The minimum atomic E-state index is 1.06. The fraction of sp³-hybridized carbons (Fsp3) is 0.235. The molecule has 1 aliphatic heterocycles. The van der Waals surface area contributed by atoms with Crippen molar-refractivity contribution in [2.75, 3.05) is 0 Å². The van der Waals surface area contributed by atoms with Gasteiger partial charge in [-0.3, -0.25) is 4.99 Å². The summed E-state index contributed by atoms with van der Waals surface area (Å²) < 4.78 is 0. The maximum absolute atomic E-state index is 4.45. The van der Waals surface area contributed by atoms with Crippen molar-refractivity contribution < 1.29 is 0 Å². The summed E-state index contributed by atoms with van der Waals surface area (Å²) in [7, 11) is 0. The predicted molar refractivity (Wildman–Crippen MR) is 82.1 cm³/mol. The van der Waals surface area contributed by atoms with Gasteiger partial charge >= 0.3 is 0 Å². The Labute approximate surface area is 113 Å². The zero-order valence-electron chi connectivity index (χ0n) is 11.6. The van der Waals surface area contributed by atoms with Crippen LogP contribution in [-0.2, 0) is 6.42 Å². The molecular formula is C17H18N2. The number of para-hydroxylation sites is 1. The van der Waals surface area contributed by atoms with Crippen LogP contribution in [0.4, 0.5) is 5.69 Å². The molecule has 0 radical (unpaired) electrons. The lowest BCUT2D eigenvalue weighted by Crippen LogP contribution is -1.84. The first-order chi connectivity index (χ1) is 9.20. The lowest BCUT2D eigenvalue weighted by molar-refractivity contribution is 1.08. The van der Waals surface area contributed by atoms with Crippen LogP contribution in [-0.4, -0.2) is 11.2 Å². The molecule has 0 saturated heterocycles. The van der Waals surface area contributed by atoms with Gasteiger partial charge in [-0.1, -0.05) is 25.1 Å². The molecule has 1 aromatic heterocycles. The van der Waals surface area contributed by atoms with Gasteiger partial charge in [0.1, 0.15) is 0 Å². The molecule has 2 heteroatoms. The number of benzene rings is 1. The first-order valence-electron chi connectivity index (χ1n) is 6.74. The minimum absolute atomic E-state index is 1.06. The molecule has 3 rings (SSSR count). The van der Waals surface area contributed by atoms with Gasteiger partial charge in [-0.2, -0.15) is 0 Å². The van der Waals surface area contributed by atoms with E-state index in [1.807, 2.05) is 12.3 Å². The van der Waals surface area contributed by atoms with Gasteiger partial charge in [-0.05, 0) is 43.5 Å². The van der Waals surface area contributed by atoms with Crippen LogP contribution in [0.15, 0.2) is 29.3 Å². The Hall–Kier alpha value is -2.09. The molecule has 0 atom stereocenters. The van der Waals surface area contributed by atoms with Crippen LogP contribution >= 0.6 is 0 Å². The largest absolute Gasteiger partial charge is 0.359 e. The van der Waals surface area contributed by atoms with Crippen LogP contribution in [0.25, 0.3) is 11.6 Å². The molecule has 0 spiro atoms. The summed E-state index contributed by atoms with van der Waals surface area (Å²) in [4.78, 5) is 7.93. The summed E-state index contributed by atoms with van der Waals surface area (Å²) in [6, 6.07) is 8.26. The van der Waals surface area contributed by atoms with E-state index < -0.39 is 0 Å². The highest BCUT2D eigenvalue weighted by Crippen LogP contribution is 2.33. The molecular weight excluding hydrogens is 232 g/mol. The van der Waals surface area contributed by atoms with E-state index in [2.05, 4.69) is 55.0 Å². The van der Waals surface area contributed by atoms with Crippen LogP contribution in [0.2, 0.25) is 0 Å². The molecule has 0 fully saturated rings. The van der Waals surface area contributed by atoms with E-state index in [4.69, 9.17) is 0 Å². The Kier molecular flexibility index (Phi) is 2.86. The van der Waals surface area contributed by atoms with Crippen LogP contribution in [0.3, 0.4) is 0 Å². The van der Waals surface area contributed by atoms with Crippen molar-refractivity contribution in [1.29, 1.82) is 0 Å². The highest BCUT2D eigenvalue weighted by Gasteiger charge is 2.13. The van der Waals surface area contributed by atoms with Crippen molar-refractivity contribution in [1.82, 2.24) is 4.98 Å². The molecule has 1 aliphatic rings. The van der Waals surface area contributed by atoms with E-state index in [-0.39, 0.29) is 0 Å². The highest BCUT2D eigenvalue weighted by atomic mass is 14.8. The number of allylic oxidation sites excluding steroid dienone is 1. The number of fused-ring (bicyclic) bond motifs is 1. The van der Waals surface area contributed by atoms with E-state index in [9.17, 15) is 0 Å². The molecule has 2 heterocycles. The third kappa shape index (κ3) is 1.93. The minimum Gasteiger partial charge on any atom is -0.359 e. The smallest absolute Gasteiger partial charge is 0.0708 e. The highest BCUT2D eigenvalue weighted by molar-refractivity contribution is 6.21. The molecule has 0 unspecified atom stereocenters. The third-order valence-corrected chi connectivity index (χ3v) is 3.84. The van der Waals surface area contributed by atoms with Crippen LogP contribution < -0.4 is 0 Å². The van der Waals surface area contributed by atoms with E-state index >= 15 is 0 Å². The van der Waals surface area contributed by atoms with Crippen LogP contribution in [0, 0.1) is 13.8 Å². The Bertz CT molecular complexity index is 687. The maximum atomic E-state index is 4.45. The Morgan fingerprint density at radius 1 is 1.21 bits per heavy atom. The normalized spacial score (nSPS) is 15.2. The van der Waals surface area contributed by atoms with Crippen LogP contribution in [0.5, 0.6) is 0 Å². The quantitative estimate of drug-likeness (QED) is 0.815. The molecule has 1 aromatic carbocycles. The monoisotopic (exact) mass is 250 g/mol. The summed E-state index contributed by atoms with van der Waals surface area (Å²) in [6.07, 6.45) is 5.23. The summed E-state index contributed by atoms with van der Waals surface area (Å²) >= 11 is 0. The Balaban J connectivity index is 2.07. The number of aliphatic imine (C=N–C) groups is 1. The molecule has 0 amide bonds. The van der Waals surface area contributed by atoms with Gasteiger partial charge in [-0.15, -0.1) is 0 Å². The number of hydrogen-bond acceptors (Lipinski definition) is 1. The number of aromatic nitrogens is 1. The summed E-state index contributed by atoms with van der Waals surface area (Å²) in [5.41, 5.74) is 8.71. The molecule has 0 aliphatic carbocycles. The number of nitrogens with zero attached hydrogens (tertiary/aromatic N) is 1. The number of nitrogens with one attached hydrogen (secondary N) is 1. The maximum Gasteiger partial charge on any atom is 0.0708 e. The van der Waals surface area contributed by atoms with Gasteiger partial charge in [0, 0.05) is 28.7 Å². The summed E-state index contributed by atoms with van der Waals surface area (Å²) in [6.45, 7) is 6.53. The Morgan fingerprint density at radius 2 is 2.00 bits per heavy atom. The first kappa shape index (κ1) is 12.0. The van der Waals surface area contributed by atoms with Crippen molar-refractivity contribution in [3.8, 4) is 0 Å². The standard InChI is InChI=1S/C17H18N2/c1-4-14-11(2)17(19-12(14)3)9-13-10-18-16-8-6-5-7-15(13)16/h5-10,19H,4H2,1-3H3. The average molecular weight is 250 g/mol. The number of rotatable bonds is 2. The summed E-state index contributed by atoms with van der Waals surface area (Å²) in [5.74, 6) is 0. The number of hydrogen-bond donors (Lipinski definition) is 1. The van der Waals surface area contributed by atoms with Crippen molar-refractivity contribution >= 4 is 23.6 Å². The zero-order valence-corrected chi connectivity index (χ0v) is 11.6. The molecule has 0 bridgehead atoms. The lowest BCUT2D eigenvalue weighted by Gasteiger charge is -1.99. The van der Waals surface area contributed by atoms with E-state index in [1.54, 1.807) is 0 Å². The molecule has 2 aromatic rings. The van der Waals surface area contributed by atoms with Gasteiger partial charge in [0.2, 0.25) is 0 Å². The molecule has 0 saturated carbocycles. The number of aromatic amines is 1. The Morgan fingerprint density at radius 3 is 2.74 bits per heavy atom. The van der Waals surface area contributed by atoms with Gasteiger partial charge in [0.15, 0.2) is 0 Å². The van der Waals surface area contributed by atoms with E-state index in [1.165, 1.54) is 33.7 Å². The van der Waals surface area contributed by atoms with Crippen molar-refractivity contribution in [3.63, 3.8) is 0 Å². The third-order valence-electron chi connectivity index (χ3n) is 3.84. The van der Waals surface area contributed by atoms with Gasteiger partial charge in [-0.25, -0.2) is 0 Å². The second kappa shape index (κ2) is 4.54. The topological polar surface area (TPSA) is 28.1 Å². The average Bonchev–Trinajstić information content (AvgIpc) is 2.93. The van der Waals surface area contributed by atoms with Crippen molar-refractivity contribution in [2.24, 2.45) is 4.99 Å². The van der Waals surface area contributed by atoms with Gasteiger partial charge in [0.25, 0.3) is 0 Å². The fourth-order valence-corrected chi connectivity index (χ4v) is 2.80. The number of aryl methyl sites for hydroxylation is 1. The summed E-state index contributed by atoms with van der Waals surface area (Å²) in [5, 5.41) is 0. The molecule has 2 nitrogen and oxygen atoms in total. The van der Waals surface area contributed by atoms with Gasteiger partial charge < -0.3 is 4.98 Å². The first-order valence-corrected chi connectivity index (χ1v) is 6.74. The number of H-pyrrole nitrogens is 1.